The van der Waals surface area contributed by atoms with Crippen LogP contribution in [0.3, 0.4) is 0 Å². The predicted octanol–water partition coefficient (Wildman–Crippen LogP) is 1.69. The van der Waals surface area contributed by atoms with Crippen LogP contribution >= 0.6 is 0 Å². The number of hydrogen-bond donors (Lipinski definition) is 1. The van der Waals surface area contributed by atoms with Gasteiger partial charge in [-0.15, -0.1) is 10.2 Å². The summed E-state index contributed by atoms with van der Waals surface area (Å²) in [7, 11) is 1.64. The van der Waals surface area contributed by atoms with Gasteiger partial charge in [0.15, 0.2) is 0 Å². The van der Waals surface area contributed by atoms with Crippen LogP contribution in [-0.4, -0.2) is 41.2 Å². The molecule has 1 amide bonds. The number of carbonyl (C=O) groups is 1. The van der Waals surface area contributed by atoms with E-state index in [1.54, 1.807) is 19.3 Å². The number of rotatable bonds is 3. The number of amides is 1. The molecule has 2 aromatic rings. The molecule has 3 heterocycles. The first-order valence-electron chi connectivity index (χ1n) is 8.37. The van der Waals surface area contributed by atoms with Crippen LogP contribution in [0.1, 0.15) is 41.4 Å². The number of aromatic nitrogens is 3. The molecule has 0 radical (unpaired) electrons. The predicted molar refractivity (Wildman–Crippen MR) is 87.9 cm³/mol. The lowest BCUT2D eigenvalue weighted by molar-refractivity contribution is 0.0963. The van der Waals surface area contributed by atoms with Gasteiger partial charge >= 0.3 is 0 Å². The van der Waals surface area contributed by atoms with Crippen molar-refractivity contribution in [3.05, 3.63) is 35.7 Å². The summed E-state index contributed by atoms with van der Waals surface area (Å²) in [6, 6.07) is 3.61. The minimum Gasteiger partial charge on any atom is -0.425 e. The van der Waals surface area contributed by atoms with E-state index < -0.39 is 0 Å². The molecule has 2 atom stereocenters. The summed E-state index contributed by atoms with van der Waals surface area (Å²) < 4.78 is 5.81. The fourth-order valence-electron chi connectivity index (χ4n) is 4.26. The van der Waals surface area contributed by atoms with Crippen molar-refractivity contribution < 1.29 is 9.21 Å². The summed E-state index contributed by atoms with van der Waals surface area (Å²) >= 11 is 0. The van der Waals surface area contributed by atoms with Crippen LogP contribution in [0.2, 0.25) is 0 Å². The highest BCUT2D eigenvalue weighted by Crippen LogP contribution is 2.50. The standard InChI is InChI=1S/C17H21N5O2/c1-11-20-21-16(24-11)17-7-3-5-12(17)9-22(10-17)14-13(15(23)18-2)6-4-8-19-14/h4,6,8,12H,3,5,7,9-10H2,1-2H3,(H,18,23)/t12-,17-/m0/s1. The van der Waals surface area contributed by atoms with Gasteiger partial charge in [0, 0.05) is 33.3 Å². The Kier molecular flexibility index (Phi) is 3.51. The lowest BCUT2D eigenvalue weighted by Crippen LogP contribution is -2.33. The number of pyridine rings is 1. The highest BCUT2D eigenvalue weighted by molar-refractivity contribution is 5.98. The van der Waals surface area contributed by atoms with Crippen LogP contribution < -0.4 is 10.2 Å². The lowest BCUT2D eigenvalue weighted by Gasteiger charge is -2.25. The Hall–Kier alpha value is -2.44. The first-order chi connectivity index (χ1) is 11.6. The van der Waals surface area contributed by atoms with Crippen molar-refractivity contribution in [3.63, 3.8) is 0 Å². The van der Waals surface area contributed by atoms with Gasteiger partial charge in [0.2, 0.25) is 11.8 Å². The Labute approximate surface area is 140 Å². The van der Waals surface area contributed by atoms with Gasteiger partial charge in [-0.1, -0.05) is 6.42 Å². The third-order valence-corrected chi connectivity index (χ3v) is 5.38. The molecule has 0 bridgehead atoms. The second-order valence-corrected chi connectivity index (χ2v) is 6.71. The number of nitrogens with one attached hydrogen (secondary N) is 1. The average molecular weight is 327 g/mol. The van der Waals surface area contributed by atoms with Crippen molar-refractivity contribution in [1.29, 1.82) is 0 Å². The molecule has 1 N–H and O–H groups in total. The Morgan fingerprint density at radius 2 is 2.33 bits per heavy atom. The van der Waals surface area contributed by atoms with E-state index in [-0.39, 0.29) is 11.3 Å². The molecule has 1 aliphatic heterocycles. The van der Waals surface area contributed by atoms with Crippen LogP contribution in [0, 0.1) is 12.8 Å². The average Bonchev–Trinajstić information content (AvgIpc) is 3.27. The molecular formula is C17H21N5O2. The maximum Gasteiger partial charge on any atom is 0.254 e. The molecule has 4 rings (SSSR count). The van der Waals surface area contributed by atoms with Crippen LogP contribution in [-0.2, 0) is 5.41 Å². The first kappa shape index (κ1) is 15.1. The fourth-order valence-corrected chi connectivity index (χ4v) is 4.26. The zero-order valence-electron chi connectivity index (χ0n) is 14.0. The molecule has 24 heavy (non-hydrogen) atoms. The Morgan fingerprint density at radius 3 is 3.08 bits per heavy atom. The maximum atomic E-state index is 12.2. The van der Waals surface area contributed by atoms with Gasteiger partial charge < -0.3 is 14.6 Å². The monoisotopic (exact) mass is 327 g/mol. The topological polar surface area (TPSA) is 84.2 Å². The Morgan fingerprint density at radius 1 is 1.46 bits per heavy atom. The molecule has 2 fully saturated rings. The van der Waals surface area contributed by atoms with E-state index in [9.17, 15) is 4.79 Å². The molecule has 7 heteroatoms. The van der Waals surface area contributed by atoms with Crippen molar-refractivity contribution in [3.8, 4) is 0 Å². The summed E-state index contributed by atoms with van der Waals surface area (Å²) in [5.74, 6) is 2.42. The summed E-state index contributed by atoms with van der Waals surface area (Å²) in [6.45, 7) is 3.45. The van der Waals surface area contributed by atoms with E-state index in [0.717, 1.165) is 37.6 Å². The molecular weight excluding hydrogens is 306 g/mol. The molecule has 1 saturated carbocycles. The number of nitrogens with zero attached hydrogens (tertiary/aromatic N) is 4. The number of aryl methyl sites for hydroxylation is 1. The normalized spacial score (nSPS) is 25.8. The Bertz CT molecular complexity index is 774. The Balaban J connectivity index is 1.70. The van der Waals surface area contributed by atoms with E-state index in [1.165, 1.54) is 6.42 Å². The highest BCUT2D eigenvalue weighted by Gasteiger charge is 2.54. The van der Waals surface area contributed by atoms with Crippen LogP contribution in [0.15, 0.2) is 22.7 Å². The molecule has 0 spiro atoms. The second kappa shape index (κ2) is 5.58. The zero-order valence-corrected chi connectivity index (χ0v) is 14.0. The highest BCUT2D eigenvalue weighted by atomic mass is 16.4. The van der Waals surface area contributed by atoms with Gasteiger partial charge in [0.05, 0.1) is 11.0 Å². The quantitative estimate of drug-likeness (QED) is 0.923. The molecule has 0 aromatic carbocycles. The number of hydrogen-bond acceptors (Lipinski definition) is 6. The third-order valence-electron chi connectivity index (χ3n) is 5.38. The van der Waals surface area contributed by atoms with Gasteiger partial charge in [-0.3, -0.25) is 4.79 Å². The summed E-state index contributed by atoms with van der Waals surface area (Å²) in [6.07, 6.45) is 5.09. The maximum absolute atomic E-state index is 12.2. The zero-order chi connectivity index (χ0) is 16.7. The van der Waals surface area contributed by atoms with E-state index >= 15 is 0 Å². The molecule has 126 valence electrons. The van der Waals surface area contributed by atoms with Crippen molar-refractivity contribution in [2.45, 2.75) is 31.6 Å². The van der Waals surface area contributed by atoms with E-state index in [0.29, 0.717) is 17.4 Å². The van der Waals surface area contributed by atoms with E-state index in [1.807, 2.05) is 13.0 Å². The van der Waals surface area contributed by atoms with Crippen LogP contribution in [0.25, 0.3) is 0 Å². The van der Waals surface area contributed by atoms with Gasteiger partial charge in [-0.05, 0) is 30.9 Å². The fraction of sp³-hybridized carbons (Fsp3) is 0.529. The van der Waals surface area contributed by atoms with Crippen LogP contribution in [0.5, 0.6) is 0 Å². The molecule has 7 nitrogen and oxygen atoms in total. The summed E-state index contributed by atoms with van der Waals surface area (Å²) in [4.78, 5) is 18.9. The van der Waals surface area contributed by atoms with Gasteiger partial charge in [-0.25, -0.2) is 4.98 Å². The van der Waals surface area contributed by atoms with Gasteiger partial charge in [0.25, 0.3) is 5.91 Å². The first-order valence-corrected chi connectivity index (χ1v) is 8.37. The van der Waals surface area contributed by atoms with E-state index in [2.05, 4.69) is 25.4 Å². The lowest BCUT2D eigenvalue weighted by atomic mass is 9.80. The van der Waals surface area contributed by atoms with Gasteiger partial charge in [-0.2, -0.15) is 0 Å². The molecule has 1 saturated heterocycles. The molecule has 1 aliphatic carbocycles. The molecule has 2 aliphatic rings. The smallest absolute Gasteiger partial charge is 0.254 e. The number of fused-ring (bicyclic) bond motifs is 1. The minimum absolute atomic E-state index is 0.112. The van der Waals surface area contributed by atoms with Gasteiger partial charge in [0.1, 0.15) is 5.82 Å². The van der Waals surface area contributed by atoms with Crippen molar-refractivity contribution in [2.24, 2.45) is 5.92 Å². The minimum atomic E-state index is -0.113. The third kappa shape index (κ3) is 2.18. The number of carbonyl (C=O) groups excluding carboxylic acids is 1. The summed E-state index contributed by atoms with van der Waals surface area (Å²) in [5.41, 5.74) is 0.496. The second-order valence-electron chi connectivity index (χ2n) is 6.71. The molecule has 0 unspecified atom stereocenters. The largest absolute Gasteiger partial charge is 0.425 e. The van der Waals surface area contributed by atoms with Crippen LogP contribution in [0.4, 0.5) is 5.82 Å². The van der Waals surface area contributed by atoms with E-state index in [4.69, 9.17) is 4.42 Å². The van der Waals surface area contributed by atoms with Crippen molar-refractivity contribution >= 4 is 11.7 Å². The number of anilines is 1. The van der Waals surface area contributed by atoms with Crippen molar-refractivity contribution in [1.82, 2.24) is 20.5 Å². The SMILES string of the molecule is CNC(=O)c1cccnc1N1C[C@@H]2CCC[C@]2(c2nnc(C)o2)C1. The van der Waals surface area contributed by atoms with Crippen molar-refractivity contribution in [2.75, 3.05) is 25.0 Å². The summed E-state index contributed by atoms with van der Waals surface area (Å²) in [5, 5.41) is 11.0. The molecule has 2 aromatic heterocycles.